The molecule has 0 spiro atoms. The molecule has 1 N–H and O–H groups in total. The number of amides is 2. The van der Waals surface area contributed by atoms with Gasteiger partial charge in [0.05, 0.1) is 6.20 Å². The summed E-state index contributed by atoms with van der Waals surface area (Å²) in [7, 11) is 0. The van der Waals surface area contributed by atoms with Crippen molar-refractivity contribution in [3.8, 4) is 0 Å². The van der Waals surface area contributed by atoms with Gasteiger partial charge >= 0.3 is 0 Å². The lowest BCUT2D eigenvalue weighted by molar-refractivity contribution is -0.154. The SMILES string of the molecule is CCC1C(=O)NC(C)(C)C(=O)N1Cc1cncc(F)c1. The van der Waals surface area contributed by atoms with E-state index in [2.05, 4.69) is 10.3 Å². The second kappa shape index (κ2) is 5.19. The van der Waals surface area contributed by atoms with E-state index in [0.717, 1.165) is 6.20 Å². The van der Waals surface area contributed by atoms with E-state index < -0.39 is 17.4 Å². The Bertz CT molecular complexity index is 545. The van der Waals surface area contributed by atoms with Crippen LogP contribution in [-0.2, 0) is 16.1 Å². The minimum Gasteiger partial charge on any atom is -0.340 e. The summed E-state index contributed by atoms with van der Waals surface area (Å²) in [6.07, 6.45) is 3.12. The van der Waals surface area contributed by atoms with Gasteiger partial charge in [0.1, 0.15) is 17.4 Å². The van der Waals surface area contributed by atoms with Crippen molar-refractivity contribution in [3.05, 3.63) is 29.8 Å². The first-order valence-corrected chi connectivity index (χ1v) is 6.57. The first-order valence-electron chi connectivity index (χ1n) is 6.57. The van der Waals surface area contributed by atoms with Crippen LogP contribution >= 0.6 is 0 Å². The summed E-state index contributed by atoms with van der Waals surface area (Å²) in [4.78, 5) is 29.8. The Morgan fingerprint density at radius 2 is 2.10 bits per heavy atom. The minimum atomic E-state index is -0.941. The molecule has 108 valence electrons. The summed E-state index contributed by atoms with van der Waals surface area (Å²) in [6, 6.07) is 0.797. The molecule has 20 heavy (non-hydrogen) atoms. The van der Waals surface area contributed by atoms with Crippen LogP contribution in [0.1, 0.15) is 32.8 Å². The molecule has 2 heterocycles. The van der Waals surface area contributed by atoms with Crippen LogP contribution in [0.25, 0.3) is 0 Å². The predicted octanol–water partition coefficient (Wildman–Crippen LogP) is 1.24. The molecule has 1 aliphatic rings. The topological polar surface area (TPSA) is 62.3 Å². The molecule has 1 aromatic heterocycles. The average molecular weight is 279 g/mol. The number of carbonyl (C=O) groups is 2. The van der Waals surface area contributed by atoms with Crippen LogP contribution in [0.3, 0.4) is 0 Å². The third-order valence-electron chi connectivity index (χ3n) is 3.41. The smallest absolute Gasteiger partial charge is 0.248 e. The Morgan fingerprint density at radius 1 is 1.40 bits per heavy atom. The number of halogens is 1. The lowest BCUT2D eigenvalue weighted by Gasteiger charge is -2.42. The van der Waals surface area contributed by atoms with Crippen LogP contribution in [0.4, 0.5) is 4.39 Å². The highest BCUT2D eigenvalue weighted by Gasteiger charge is 2.44. The van der Waals surface area contributed by atoms with Gasteiger partial charge in [0, 0.05) is 12.7 Å². The normalized spacial score (nSPS) is 21.8. The minimum absolute atomic E-state index is 0.173. The molecule has 0 saturated carbocycles. The Hall–Kier alpha value is -1.98. The maximum absolute atomic E-state index is 13.2. The molecule has 1 aliphatic heterocycles. The van der Waals surface area contributed by atoms with Gasteiger partial charge in [0.15, 0.2) is 0 Å². The number of aromatic nitrogens is 1. The van der Waals surface area contributed by atoms with Crippen LogP contribution in [0.2, 0.25) is 0 Å². The molecule has 1 aromatic rings. The fraction of sp³-hybridized carbons (Fsp3) is 0.500. The molecule has 2 amide bonds. The zero-order valence-electron chi connectivity index (χ0n) is 11.8. The second-order valence-electron chi connectivity index (χ2n) is 5.48. The van der Waals surface area contributed by atoms with Crippen molar-refractivity contribution in [1.82, 2.24) is 15.2 Å². The van der Waals surface area contributed by atoms with Gasteiger partial charge in [-0.2, -0.15) is 0 Å². The van der Waals surface area contributed by atoms with Crippen LogP contribution in [0.5, 0.6) is 0 Å². The molecule has 1 saturated heterocycles. The van der Waals surface area contributed by atoms with E-state index in [0.29, 0.717) is 12.0 Å². The number of rotatable bonds is 3. The Kier molecular flexibility index (Phi) is 3.74. The molecule has 1 atom stereocenters. The number of hydrogen-bond acceptors (Lipinski definition) is 3. The molecule has 0 aliphatic carbocycles. The van der Waals surface area contributed by atoms with Crippen molar-refractivity contribution in [2.45, 2.75) is 45.3 Å². The number of hydrogen-bond donors (Lipinski definition) is 1. The lowest BCUT2D eigenvalue weighted by atomic mass is 9.95. The third-order valence-corrected chi connectivity index (χ3v) is 3.41. The number of nitrogens with zero attached hydrogens (tertiary/aromatic N) is 2. The predicted molar refractivity (Wildman–Crippen MR) is 71.0 cm³/mol. The Morgan fingerprint density at radius 3 is 2.70 bits per heavy atom. The fourth-order valence-electron chi connectivity index (χ4n) is 2.41. The van der Waals surface area contributed by atoms with Crippen LogP contribution in [0.15, 0.2) is 18.5 Å². The molecule has 5 nitrogen and oxygen atoms in total. The summed E-state index contributed by atoms with van der Waals surface area (Å²) in [5.41, 5.74) is -0.369. The average Bonchev–Trinajstić information content (AvgIpc) is 2.35. The van der Waals surface area contributed by atoms with Gasteiger partial charge in [0.2, 0.25) is 11.8 Å². The van der Waals surface area contributed by atoms with Crippen molar-refractivity contribution in [2.75, 3.05) is 0 Å². The molecular formula is C14H18FN3O2. The summed E-state index contributed by atoms with van der Waals surface area (Å²) in [5, 5.41) is 2.71. The summed E-state index contributed by atoms with van der Waals surface area (Å²) < 4.78 is 13.2. The van der Waals surface area contributed by atoms with Crippen molar-refractivity contribution < 1.29 is 14.0 Å². The number of nitrogens with one attached hydrogen (secondary N) is 1. The molecule has 6 heteroatoms. The van der Waals surface area contributed by atoms with Crippen molar-refractivity contribution >= 4 is 11.8 Å². The third kappa shape index (κ3) is 2.64. The number of carbonyl (C=O) groups excluding carboxylic acids is 2. The van der Waals surface area contributed by atoms with E-state index in [-0.39, 0.29) is 18.4 Å². The zero-order valence-corrected chi connectivity index (χ0v) is 11.8. The van der Waals surface area contributed by atoms with Gasteiger partial charge in [-0.3, -0.25) is 14.6 Å². The fourth-order valence-corrected chi connectivity index (χ4v) is 2.41. The first-order chi connectivity index (χ1) is 9.35. The zero-order chi connectivity index (χ0) is 14.9. The van der Waals surface area contributed by atoms with Gasteiger partial charge in [-0.1, -0.05) is 6.92 Å². The van der Waals surface area contributed by atoms with E-state index in [9.17, 15) is 14.0 Å². The quantitative estimate of drug-likeness (QED) is 0.905. The van der Waals surface area contributed by atoms with Crippen molar-refractivity contribution in [1.29, 1.82) is 0 Å². The van der Waals surface area contributed by atoms with Crippen LogP contribution in [-0.4, -0.2) is 33.3 Å². The number of pyridine rings is 1. The van der Waals surface area contributed by atoms with Crippen LogP contribution < -0.4 is 5.32 Å². The van der Waals surface area contributed by atoms with Gasteiger partial charge < -0.3 is 10.2 Å². The van der Waals surface area contributed by atoms with E-state index in [4.69, 9.17) is 0 Å². The van der Waals surface area contributed by atoms with Gasteiger partial charge in [-0.15, -0.1) is 0 Å². The first kappa shape index (κ1) is 14.4. The molecule has 0 bridgehead atoms. The van der Waals surface area contributed by atoms with Gasteiger partial charge in [-0.05, 0) is 31.9 Å². The van der Waals surface area contributed by atoms with E-state index in [1.807, 2.05) is 6.92 Å². The van der Waals surface area contributed by atoms with Gasteiger partial charge in [0.25, 0.3) is 0 Å². The molecular weight excluding hydrogens is 261 g/mol. The lowest BCUT2D eigenvalue weighted by Crippen LogP contribution is -2.67. The maximum Gasteiger partial charge on any atom is 0.248 e. The molecule has 1 fully saturated rings. The highest BCUT2D eigenvalue weighted by Crippen LogP contribution is 2.22. The summed E-state index contributed by atoms with van der Waals surface area (Å²) >= 11 is 0. The molecule has 1 unspecified atom stereocenters. The summed E-state index contributed by atoms with van der Waals surface area (Å²) in [6.45, 7) is 5.34. The Balaban J connectivity index is 2.30. The number of piperazine rings is 1. The molecule has 0 aromatic carbocycles. The van der Waals surface area contributed by atoms with Crippen LogP contribution in [0, 0.1) is 5.82 Å². The van der Waals surface area contributed by atoms with E-state index >= 15 is 0 Å². The molecule has 0 radical (unpaired) electrons. The second-order valence-corrected chi connectivity index (χ2v) is 5.48. The molecule has 2 rings (SSSR count). The highest BCUT2D eigenvalue weighted by molar-refractivity contribution is 5.99. The Labute approximate surface area is 117 Å². The van der Waals surface area contributed by atoms with Crippen molar-refractivity contribution in [2.24, 2.45) is 0 Å². The van der Waals surface area contributed by atoms with E-state index in [1.165, 1.54) is 17.2 Å². The standard InChI is InChI=1S/C14H18FN3O2/c1-4-11-12(19)17-14(2,3)13(20)18(11)8-9-5-10(15)7-16-6-9/h5-7,11H,4,8H2,1-3H3,(H,17,19). The largest absolute Gasteiger partial charge is 0.340 e. The highest BCUT2D eigenvalue weighted by atomic mass is 19.1. The monoisotopic (exact) mass is 279 g/mol. The summed E-state index contributed by atoms with van der Waals surface area (Å²) in [5.74, 6) is -0.807. The van der Waals surface area contributed by atoms with E-state index in [1.54, 1.807) is 13.8 Å². The van der Waals surface area contributed by atoms with Crippen molar-refractivity contribution in [3.63, 3.8) is 0 Å². The maximum atomic E-state index is 13.2. The van der Waals surface area contributed by atoms with Gasteiger partial charge in [-0.25, -0.2) is 4.39 Å².